The number of amides is 2. The number of likely N-dealkylation sites (tertiary alicyclic amines) is 1. The molecule has 0 radical (unpaired) electrons. The van der Waals surface area contributed by atoms with E-state index < -0.39 is 4.92 Å². The van der Waals surface area contributed by atoms with Gasteiger partial charge in [0.1, 0.15) is 0 Å². The summed E-state index contributed by atoms with van der Waals surface area (Å²) in [5.41, 5.74) is -0.157. The Labute approximate surface area is 175 Å². The molecule has 2 fully saturated rings. The Morgan fingerprint density at radius 2 is 2.07 bits per heavy atom. The lowest BCUT2D eigenvalue weighted by atomic mass is 9.97. The third-order valence-electron chi connectivity index (χ3n) is 5.23. The number of nitro groups is 1. The molecule has 2 heterocycles. The predicted molar refractivity (Wildman–Crippen MR) is 109 cm³/mol. The van der Waals surface area contributed by atoms with Crippen LogP contribution in [0.4, 0.5) is 5.69 Å². The van der Waals surface area contributed by atoms with E-state index in [1.807, 2.05) is 0 Å². The number of nitrogens with zero attached hydrogens (tertiary/aromatic N) is 2. The summed E-state index contributed by atoms with van der Waals surface area (Å²) in [6, 6.07) is 5.91. The van der Waals surface area contributed by atoms with Gasteiger partial charge in [-0.25, -0.2) is 0 Å². The van der Waals surface area contributed by atoms with Gasteiger partial charge < -0.3 is 20.3 Å². The van der Waals surface area contributed by atoms with Crippen LogP contribution in [0.25, 0.3) is 0 Å². The highest BCUT2D eigenvalue weighted by Crippen LogP contribution is 2.26. The van der Waals surface area contributed by atoms with E-state index in [0.29, 0.717) is 19.6 Å². The first-order valence-corrected chi connectivity index (χ1v) is 9.69. The van der Waals surface area contributed by atoms with Gasteiger partial charge in [0.2, 0.25) is 5.91 Å². The van der Waals surface area contributed by atoms with Gasteiger partial charge in [0.25, 0.3) is 5.91 Å². The number of hydrogen-bond acceptors (Lipinski definition) is 6. The topological polar surface area (TPSA) is 114 Å². The van der Waals surface area contributed by atoms with Crippen LogP contribution in [0.5, 0.6) is 5.75 Å². The molecule has 2 aliphatic rings. The van der Waals surface area contributed by atoms with Crippen LogP contribution in [0.1, 0.15) is 25.7 Å². The molecule has 2 atom stereocenters. The molecule has 160 valence electrons. The molecule has 2 N–H and O–H groups in total. The summed E-state index contributed by atoms with van der Waals surface area (Å²) in [5, 5.41) is 17.2. The van der Waals surface area contributed by atoms with Crippen molar-refractivity contribution >= 4 is 29.9 Å². The Morgan fingerprint density at radius 3 is 2.79 bits per heavy atom. The van der Waals surface area contributed by atoms with Gasteiger partial charge in [-0.2, -0.15) is 0 Å². The van der Waals surface area contributed by atoms with E-state index in [2.05, 4.69) is 10.6 Å². The van der Waals surface area contributed by atoms with Gasteiger partial charge >= 0.3 is 5.69 Å². The zero-order chi connectivity index (χ0) is 19.9. The van der Waals surface area contributed by atoms with E-state index in [9.17, 15) is 19.7 Å². The maximum atomic E-state index is 12.5. The predicted octanol–water partition coefficient (Wildman–Crippen LogP) is 1.50. The third kappa shape index (κ3) is 6.30. The van der Waals surface area contributed by atoms with E-state index in [0.717, 1.165) is 32.2 Å². The normalized spacial score (nSPS) is 21.2. The Balaban J connectivity index is 0.00000300. The van der Waals surface area contributed by atoms with Gasteiger partial charge in [0.15, 0.2) is 12.4 Å². The lowest BCUT2D eigenvalue weighted by Gasteiger charge is -2.33. The first-order chi connectivity index (χ1) is 13.5. The third-order valence-corrected chi connectivity index (χ3v) is 5.23. The van der Waals surface area contributed by atoms with Gasteiger partial charge in [-0.1, -0.05) is 12.1 Å². The average molecular weight is 427 g/mol. The molecule has 2 unspecified atom stereocenters. The van der Waals surface area contributed by atoms with Crippen LogP contribution in [0.2, 0.25) is 0 Å². The summed E-state index contributed by atoms with van der Waals surface area (Å²) in [4.78, 5) is 36.8. The number of nitrogens with one attached hydrogen (secondary N) is 2. The van der Waals surface area contributed by atoms with Crippen LogP contribution in [0.3, 0.4) is 0 Å². The summed E-state index contributed by atoms with van der Waals surface area (Å²) in [6.45, 7) is 2.37. The first kappa shape index (κ1) is 22.9. The fourth-order valence-electron chi connectivity index (χ4n) is 3.70. The second kappa shape index (κ2) is 11.0. The second-order valence-electron chi connectivity index (χ2n) is 7.26. The SMILES string of the molecule is Cl.O=C(NCC1CCCN(C(=O)COc2ccccc2[N+](=O)[O-])C1)C1CCCN1. The fraction of sp³-hybridized carbons (Fsp3) is 0.579. The minimum atomic E-state index is -0.529. The summed E-state index contributed by atoms with van der Waals surface area (Å²) in [6.07, 6.45) is 3.69. The van der Waals surface area contributed by atoms with Crippen molar-refractivity contribution in [3.8, 4) is 5.75 Å². The number of hydrogen-bond donors (Lipinski definition) is 2. The largest absolute Gasteiger partial charge is 0.477 e. The number of carbonyl (C=O) groups is 2. The molecule has 3 rings (SSSR count). The van der Waals surface area contributed by atoms with Crippen LogP contribution in [0.15, 0.2) is 24.3 Å². The van der Waals surface area contributed by atoms with Gasteiger partial charge in [-0.15, -0.1) is 12.4 Å². The van der Waals surface area contributed by atoms with Gasteiger partial charge in [0, 0.05) is 25.7 Å². The number of carbonyl (C=O) groups excluding carboxylic acids is 2. The van der Waals surface area contributed by atoms with Crippen molar-refractivity contribution < 1.29 is 19.2 Å². The van der Waals surface area contributed by atoms with E-state index in [1.165, 1.54) is 12.1 Å². The second-order valence-corrected chi connectivity index (χ2v) is 7.26. The molecule has 9 nitrogen and oxygen atoms in total. The molecular formula is C19H27ClN4O5. The highest BCUT2D eigenvalue weighted by molar-refractivity contribution is 5.85. The average Bonchev–Trinajstić information content (AvgIpc) is 3.25. The van der Waals surface area contributed by atoms with Crippen molar-refractivity contribution in [1.29, 1.82) is 0 Å². The van der Waals surface area contributed by atoms with Gasteiger partial charge in [0.05, 0.1) is 11.0 Å². The lowest BCUT2D eigenvalue weighted by molar-refractivity contribution is -0.385. The molecule has 1 aromatic rings. The van der Waals surface area contributed by atoms with E-state index in [-0.39, 0.29) is 54.2 Å². The maximum absolute atomic E-state index is 12.5. The number of halogens is 1. The first-order valence-electron chi connectivity index (χ1n) is 9.69. The quantitative estimate of drug-likeness (QED) is 0.504. The Kier molecular flexibility index (Phi) is 8.66. The van der Waals surface area contributed by atoms with Crippen LogP contribution in [-0.4, -0.2) is 60.5 Å². The molecule has 2 amide bonds. The minimum absolute atomic E-state index is 0. The zero-order valence-electron chi connectivity index (χ0n) is 16.2. The summed E-state index contributed by atoms with van der Waals surface area (Å²) < 4.78 is 5.40. The number of ether oxygens (including phenoxy) is 1. The number of nitro benzene ring substituents is 1. The Hall–Kier alpha value is -2.39. The van der Waals surface area contributed by atoms with Crippen LogP contribution in [-0.2, 0) is 9.59 Å². The van der Waals surface area contributed by atoms with Crippen molar-refractivity contribution in [1.82, 2.24) is 15.5 Å². The monoisotopic (exact) mass is 426 g/mol. The highest BCUT2D eigenvalue weighted by Gasteiger charge is 2.27. The number of rotatable bonds is 7. The molecule has 0 bridgehead atoms. The van der Waals surface area contributed by atoms with Crippen molar-refractivity contribution in [3.05, 3.63) is 34.4 Å². The molecular weight excluding hydrogens is 400 g/mol. The fourth-order valence-corrected chi connectivity index (χ4v) is 3.70. The Bertz CT molecular complexity index is 726. The van der Waals surface area contributed by atoms with Gasteiger partial charge in [-0.3, -0.25) is 19.7 Å². The summed E-state index contributed by atoms with van der Waals surface area (Å²) in [7, 11) is 0. The van der Waals surface area contributed by atoms with Gasteiger partial charge in [-0.05, 0) is 44.2 Å². The number of para-hydroxylation sites is 2. The summed E-state index contributed by atoms with van der Waals surface area (Å²) in [5.74, 6) is 0.118. The van der Waals surface area contributed by atoms with Crippen molar-refractivity contribution in [2.24, 2.45) is 5.92 Å². The molecule has 0 aliphatic carbocycles. The molecule has 0 saturated carbocycles. The van der Waals surface area contributed by atoms with Crippen LogP contribution < -0.4 is 15.4 Å². The van der Waals surface area contributed by atoms with E-state index in [1.54, 1.807) is 17.0 Å². The van der Waals surface area contributed by atoms with E-state index >= 15 is 0 Å². The molecule has 2 saturated heterocycles. The standard InChI is InChI=1S/C19H26N4O5.ClH/c24-18(13-28-17-8-2-1-7-16(17)23(26)27)22-10-4-5-14(12-22)11-21-19(25)15-6-3-9-20-15;/h1-2,7-8,14-15,20H,3-6,9-13H2,(H,21,25);1H. The molecule has 1 aromatic carbocycles. The van der Waals surface area contributed by atoms with Crippen molar-refractivity contribution in [2.75, 3.05) is 32.8 Å². The molecule has 0 spiro atoms. The molecule has 29 heavy (non-hydrogen) atoms. The van der Waals surface area contributed by atoms with Crippen LogP contribution >= 0.6 is 12.4 Å². The highest BCUT2D eigenvalue weighted by atomic mass is 35.5. The van der Waals surface area contributed by atoms with Crippen LogP contribution in [0, 0.1) is 16.0 Å². The smallest absolute Gasteiger partial charge is 0.310 e. The number of piperidine rings is 1. The zero-order valence-corrected chi connectivity index (χ0v) is 17.0. The van der Waals surface area contributed by atoms with Crippen molar-refractivity contribution in [2.45, 2.75) is 31.7 Å². The molecule has 2 aliphatic heterocycles. The van der Waals surface area contributed by atoms with E-state index in [4.69, 9.17) is 4.74 Å². The Morgan fingerprint density at radius 1 is 1.28 bits per heavy atom. The molecule has 10 heteroatoms. The molecule has 0 aromatic heterocycles. The maximum Gasteiger partial charge on any atom is 0.310 e. The van der Waals surface area contributed by atoms with Crippen molar-refractivity contribution in [3.63, 3.8) is 0 Å². The minimum Gasteiger partial charge on any atom is -0.477 e. The number of benzene rings is 1. The summed E-state index contributed by atoms with van der Waals surface area (Å²) >= 11 is 0. The lowest BCUT2D eigenvalue weighted by Crippen LogP contribution is -2.47.